The minimum absolute atomic E-state index is 0.294. The second-order valence-electron chi connectivity index (χ2n) is 8.09. The highest BCUT2D eigenvalue weighted by atomic mass is 16.5. The van der Waals surface area contributed by atoms with Gasteiger partial charge in [-0.3, -0.25) is 14.9 Å². The molecule has 1 fully saturated rings. The number of rotatable bonds is 5. The Morgan fingerprint density at radius 3 is 2.71 bits per heavy atom. The monoisotopic (exact) mass is 425 g/mol. The fourth-order valence-corrected chi connectivity index (χ4v) is 4.62. The van der Waals surface area contributed by atoms with Gasteiger partial charge in [0, 0.05) is 23.4 Å². The van der Waals surface area contributed by atoms with Crippen LogP contribution in [0.4, 0.5) is 11.4 Å². The van der Waals surface area contributed by atoms with Crippen molar-refractivity contribution in [3.8, 4) is 11.5 Å². The van der Waals surface area contributed by atoms with Gasteiger partial charge in [0.15, 0.2) is 0 Å². The summed E-state index contributed by atoms with van der Waals surface area (Å²) in [5, 5.41) is 19.4. The molecule has 8 heteroatoms. The van der Waals surface area contributed by atoms with Gasteiger partial charge in [0.1, 0.15) is 17.0 Å². The molecule has 2 aliphatic rings. The number of aliphatic hydroxyl groups is 1. The van der Waals surface area contributed by atoms with Crippen LogP contribution < -0.4 is 25.4 Å². The Labute approximate surface area is 180 Å². The number of fused-ring (bicyclic) bond motifs is 2. The Bertz CT molecular complexity index is 1040. The summed E-state index contributed by atoms with van der Waals surface area (Å²) in [5.74, 6) is -0.333. The van der Waals surface area contributed by atoms with E-state index >= 15 is 0 Å². The van der Waals surface area contributed by atoms with E-state index in [-0.39, 0.29) is 11.8 Å². The largest absolute Gasteiger partial charge is 0.497 e. The number of aliphatic hydroxyl groups excluding tert-OH is 1. The molecule has 4 atom stereocenters. The van der Waals surface area contributed by atoms with Gasteiger partial charge >= 0.3 is 0 Å². The van der Waals surface area contributed by atoms with E-state index in [1.165, 1.54) is 7.11 Å². The van der Waals surface area contributed by atoms with Gasteiger partial charge < -0.3 is 25.2 Å². The average molecular weight is 425 g/mol. The van der Waals surface area contributed by atoms with E-state index in [4.69, 9.17) is 9.47 Å². The maximum Gasteiger partial charge on any atom is 0.250 e. The molecular weight excluding hydrogens is 398 g/mol. The Hall–Kier alpha value is -3.10. The second-order valence-corrected chi connectivity index (χ2v) is 8.09. The van der Waals surface area contributed by atoms with Gasteiger partial charge in [-0.2, -0.15) is 0 Å². The van der Waals surface area contributed by atoms with E-state index in [9.17, 15) is 14.7 Å². The number of hydrogen-bond acceptors (Lipinski definition) is 6. The lowest BCUT2D eigenvalue weighted by molar-refractivity contribution is -0.130. The normalized spacial score (nSPS) is 25.1. The molecule has 31 heavy (non-hydrogen) atoms. The second kappa shape index (κ2) is 7.86. The molecular formula is C23H27N3O5. The minimum atomic E-state index is -1.26. The highest BCUT2D eigenvalue weighted by Crippen LogP contribution is 2.48. The molecule has 1 spiro atoms. The number of ether oxygens (including phenoxy) is 2. The number of para-hydroxylation sites is 1. The van der Waals surface area contributed by atoms with E-state index in [1.54, 1.807) is 32.2 Å². The van der Waals surface area contributed by atoms with Gasteiger partial charge in [-0.05, 0) is 38.0 Å². The Morgan fingerprint density at radius 2 is 2.03 bits per heavy atom. The first-order chi connectivity index (χ1) is 14.8. The highest BCUT2D eigenvalue weighted by Gasteiger charge is 2.60. The van der Waals surface area contributed by atoms with Gasteiger partial charge in [0.2, 0.25) is 11.8 Å². The summed E-state index contributed by atoms with van der Waals surface area (Å²) >= 11 is 0. The van der Waals surface area contributed by atoms with Crippen LogP contribution in [0.1, 0.15) is 24.5 Å². The van der Waals surface area contributed by atoms with Crippen LogP contribution >= 0.6 is 0 Å². The quantitative estimate of drug-likeness (QED) is 0.585. The lowest BCUT2D eigenvalue weighted by Crippen LogP contribution is -2.53. The summed E-state index contributed by atoms with van der Waals surface area (Å²) in [6.07, 6.45) is -0.431. The van der Waals surface area contributed by atoms with Crippen molar-refractivity contribution < 1.29 is 24.2 Å². The van der Waals surface area contributed by atoms with Crippen molar-refractivity contribution in [3.63, 3.8) is 0 Å². The number of aryl methyl sites for hydroxylation is 1. The summed E-state index contributed by atoms with van der Waals surface area (Å²) in [6.45, 7) is 3.57. The van der Waals surface area contributed by atoms with Crippen LogP contribution in [0.5, 0.6) is 11.5 Å². The van der Waals surface area contributed by atoms with Crippen molar-refractivity contribution in [3.05, 3.63) is 47.5 Å². The summed E-state index contributed by atoms with van der Waals surface area (Å²) < 4.78 is 10.6. The molecule has 2 heterocycles. The van der Waals surface area contributed by atoms with Crippen LogP contribution in [0.2, 0.25) is 0 Å². The van der Waals surface area contributed by atoms with Crippen molar-refractivity contribution in [1.82, 2.24) is 5.32 Å². The molecule has 0 saturated carbocycles. The number of methoxy groups -OCH3 is 2. The summed E-state index contributed by atoms with van der Waals surface area (Å²) in [7, 11) is 3.06. The van der Waals surface area contributed by atoms with Crippen LogP contribution in [0.15, 0.2) is 36.4 Å². The number of nitrogens with one attached hydrogen (secondary N) is 3. The Kier molecular flexibility index (Phi) is 5.36. The van der Waals surface area contributed by atoms with Crippen molar-refractivity contribution in [1.29, 1.82) is 0 Å². The molecule has 4 N–H and O–H groups in total. The molecule has 4 rings (SSSR count). The zero-order valence-corrected chi connectivity index (χ0v) is 18.0. The number of amides is 2. The number of anilines is 2. The maximum atomic E-state index is 13.5. The highest BCUT2D eigenvalue weighted by molar-refractivity contribution is 6.11. The van der Waals surface area contributed by atoms with Crippen molar-refractivity contribution >= 4 is 23.2 Å². The molecule has 164 valence electrons. The molecule has 0 radical (unpaired) electrons. The van der Waals surface area contributed by atoms with E-state index in [0.717, 1.165) is 11.1 Å². The molecule has 0 aliphatic carbocycles. The Morgan fingerprint density at radius 1 is 1.26 bits per heavy atom. The van der Waals surface area contributed by atoms with Crippen LogP contribution in [0, 0.1) is 12.8 Å². The first kappa shape index (κ1) is 21.1. The number of benzene rings is 2. The van der Waals surface area contributed by atoms with Crippen molar-refractivity contribution in [2.75, 3.05) is 24.9 Å². The first-order valence-corrected chi connectivity index (χ1v) is 10.2. The van der Waals surface area contributed by atoms with Crippen LogP contribution in [0.3, 0.4) is 0 Å². The predicted molar refractivity (Wildman–Crippen MR) is 116 cm³/mol. The first-order valence-electron chi connectivity index (χ1n) is 10.2. The molecule has 0 unspecified atom stereocenters. The lowest BCUT2D eigenvalue weighted by Gasteiger charge is -2.29. The summed E-state index contributed by atoms with van der Waals surface area (Å²) in [4.78, 5) is 26.8. The van der Waals surface area contributed by atoms with Crippen molar-refractivity contribution in [2.24, 2.45) is 5.92 Å². The summed E-state index contributed by atoms with van der Waals surface area (Å²) in [6, 6.07) is 10.3. The molecule has 2 aliphatic heterocycles. The lowest BCUT2D eigenvalue weighted by atomic mass is 9.79. The van der Waals surface area contributed by atoms with Crippen LogP contribution in [-0.4, -0.2) is 43.3 Å². The van der Waals surface area contributed by atoms with E-state index < -0.39 is 23.6 Å². The van der Waals surface area contributed by atoms with Crippen LogP contribution in [-0.2, 0) is 15.1 Å². The zero-order chi connectivity index (χ0) is 22.3. The molecule has 2 amide bonds. The number of carbonyl (C=O) groups is 2. The van der Waals surface area contributed by atoms with Crippen molar-refractivity contribution in [2.45, 2.75) is 38.0 Å². The number of hydrogen-bond donors (Lipinski definition) is 4. The molecule has 0 bridgehead atoms. The molecule has 1 saturated heterocycles. The topological polar surface area (TPSA) is 109 Å². The van der Waals surface area contributed by atoms with E-state index in [1.807, 2.05) is 25.1 Å². The maximum absolute atomic E-state index is 13.5. The predicted octanol–water partition coefficient (Wildman–Crippen LogP) is 2.16. The third kappa shape index (κ3) is 3.32. The third-order valence-corrected chi connectivity index (χ3v) is 6.28. The zero-order valence-electron chi connectivity index (χ0n) is 18.0. The SMILES string of the molecule is COc1ccc(OC)c(NC(=O)[C@@H]2C[C@H]([C@H](C)O)N[C@@]23C(=O)Nc2c(C)cccc23)c1. The van der Waals surface area contributed by atoms with Crippen LogP contribution in [0.25, 0.3) is 0 Å². The van der Waals surface area contributed by atoms with Gasteiger partial charge in [-0.15, -0.1) is 0 Å². The summed E-state index contributed by atoms with van der Waals surface area (Å²) in [5.41, 5.74) is 1.53. The molecule has 2 aromatic rings. The molecule has 8 nitrogen and oxygen atoms in total. The van der Waals surface area contributed by atoms with Gasteiger partial charge in [0.05, 0.1) is 31.9 Å². The average Bonchev–Trinajstić information content (AvgIpc) is 3.29. The molecule has 0 aromatic heterocycles. The standard InChI is InChI=1S/C23H27N3O5/c1-12-6-5-7-15-20(12)25-22(29)23(15)16(11-17(26-23)13(2)27)21(28)24-18-10-14(30-3)8-9-19(18)31-4/h5-10,13,16-17,26-27H,11H2,1-4H3,(H,24,28)(H,25,29)/t13-,16-,17+,23+/m0/s1. The van der Waals surface area contributed by atoms with Gasteiger partial charge in [0.25, 0.3) is 0 Å². The number of carbonyl (C=O) groups excluding carboxylic acids is 2. The Balaban J connectivity index is 1.76. The van der Waals surface area contributed by atoms with E-state index in [2.05, 4.69) is 16.0 Å². The molecule has 2 aromatic carbocycles. The minimum Gasteiger partial charge on any atom is -0.497 e. The smallest absolute Gasteiger partial charge is 0.250 e. The fraction of sp³-hybridized carbons (Fsp3) is 0.391. The fourth-order valence-electron chi connectivity index (χ4n) is 4.62. The third-order valence-electron chi connectivity index (χ3n) is 6.28. The van der Waals surface area contributed by atoms with Gasteiger partial charge in [-0.25, -0.2) is 0 Å². The van der Waals surface area contributed by atoms with Gasteiger partial charge in [-0.1, -0.05) is 18.2 Å². The van der Waals surface area contributed by atoms with E-state index in [0.29, 0.717) is 29.3 Å².